The fourth-order valence-corrected chi connectivity index (χ4v) is 5.80. The van der Waals surface area contributed by atoms with E-state index in [0.717, 1.165) is 71.8 Å². The Kier molecular flexibility index (Phi) is 7.53. The number of benzene rings is 3. The summed E-state index contributed by atoms with van der Waals surface area (Å²) >= 11 is 1.69. The minimum atomic E-state index is 0.628. The van der Waals surface area contributed by atoms with Crippen LogP contribution in [-0.4, -0.2) is 78.2 Å². The molecule has 0 atom stereocenters. The predicted molar refractivity (Wildman–Crippen MR) is 158 cm³/mol. The van der Waals surface area contributed by atoms with Crippen molar-refractivity contribution in [3.63, 3.8) is 0 Å². The molecule has 3 heterocycles. The predicted octanol–water partition coefficient (Wildman–Crippen LogP) is 5.68. The van der Waals surface area contributed by atoms with Gasteiger partial charge in [-0.25, -0.2) is 15.0 Å². The number of nitrogens with one attached hydrogen (secondary N) is 1. The first-order valence-corrected chi connectivity index (χ1v) is 14.1. The summed E-state index contributed by atoms with van der Waals surface area (Å²) in [6.45, 7) is 6.15. The summed E-state index contributed by atoms with van der Waals surface area (Å²) in [5.41, 5.74) is 3.80. The van der Waals surface area contributed by atoms with Crippen LogP contribution in [0.15, 0.2) is 67.0 Å². The van der Waals surface area contributed by atoms with Crippen molar-refractivity contribution in [1.82, 2.24) is 24.8 Å². The van der Waals surface area contributed by atoms with Crippen molar-refractivity contribution in [2.75, 3.05) is 58.8 Å². The van der Waals surface area contributed by atoms with E-state index >= 15 is 0 Å². The van der Waals surface area contributed by atoms with Crippen molar-refractivity contribution in [1.29, 1.82) is 0 Å². The van der Waals surface area contributed by atoms with Gasteiger partial charge in [-0.15, -0.1) is 11.3 Å². The highest BCUT2D eigenvalue weighted by molar-refractivity contribution is 7.21. The summed E-state index contributed by atoms with van der Waals surface area (Å²) in [7, 11) is 3.84. The van der Waals surface area contributed by atoms with Crippen molar-refractivity contribution < 1.29 is 9.47 Å². The molecule has 1 N–H and O–H groups in total. The van der Waals surface area contributed by atoms with Crippen LogP contribution in [0.1, 0.15) is 6.42 Å². The van der Waals surface area contributed by atoms with Crippen LogP contribution in [-0.2, 0) is 0 Å². The monoisotopic (exact) mass is 540 g/mol. The second kappa shape index (κ2) is 11.5. The van der Waals surface area contributed by atoms with Gasteiger partial charge in [0.2, 0.25) is 0 Å². The van der Waals surface area contributed by atoms with Crippen LogP contribution in [0.2, 0.25) is 0 Å². The number of para-hydroxylation sites is 1. The van der Waals surface area contributed by atoms with E-state index in [9.17, 15) is 0 Å². The number of hydrogen-bond acceptors (Lipinski definition) is 9. The van der Waals surface area contributed by atoms with Crippen LogP contribution in [0.3, 0.4) is 0 Å². The normalized spacial score (nSPS) is 14.6. The van der Waals surface area contributed by atoms with Gasteiger partial charge in [0.25, 0.3) is 0 Å². The van der Waals surface area contributed by atoms with Crippen molar-refractivity contribution >= 4 is 44.0 Å². The van der Waals surface area contributed by atoms with Gasteiger partial charge in [-0.3, -0.25) is 0 Å². The molecule has 1 saturated heterocycles. The Bertz CT molecular complexity index is 1550. The molecule has 1 aliphatic rings. The lowest BCUT2D eigenvalue weighted by atomic mass is 10.2. The molecule has 0 radical (unpaired) electrons. The average molecular weight is 541 g/mol. The van der Waals surface area contributed by atoms with Crippen LogP contribution in [0.5, 0.6) is 11.5 Å². The van der Waals surface area contributed by atoms with E-state index in [2.05, 4.69) is 50.3 Å². The van der Waals surface area contributed by atoms with E-state index in [-0.39, 0.29) is 0 Å². The van der Waals surface area contributed by atoms with E-state index in [1.807, 2.05) is 42.5 Å². The summed E-state index contributed by atoms with van der Waals surface area (Å²) in [6.07, 6.45) is 2.54. The maximum atomic E-state index is 6.15. The summed E-state index contributed by atoms with van der Waals surface area (Å²) < 4.78 is 13.0. The lowest BCUT2D eigenvalue weighted by Crippen LogP contribution is -2.44. The van der Waals surface area contributed by atoms with Crippen molar-refractivity contribution in [3.05, 3.63) is 67.0 Å². The SMILES string of the molecule is COc1cc2c(Nc3cccc(-c4nc5ccccc5s4)c3)ncnc2cc1OCCCN1CCN(C)CC1. The molecule has 6 rings (SSSR count). The zero-order valence-corrected chi connectivity index (χ0v) is 23.1. The number of nitrogens with zero attached hydrogens (tertiary/aromatic N) is 5. The molecule has 1 aliphatic heterocycles. The number of fused-ring (bicyclic) bond motifs is 2. The summed E-state index contributed by atoms with van der Waals surface area (Å²) in [5.74, 6) is 2.08. The lowest BCUT2D eigenvalue weighted by Gasteiger charge is -2.32. The molecule has 2 aromatic heterocycles. The molecule has 0 amide bonds. The van der Waals surface area contributed by atoms with Gasteiger partial charge in [-0.1, -0.05) is 24.3 Å². The molecule has 5 aromatic rings. The third-order valence-electron chi connectivity index (χ3n) is 7.06. The molecule has 0 unspecified atom stereocenters. The Morgan fingerprint density at radius 2 is 1.79 bits per heavy atom. The molecule has 0 aliphatic carbocycles. The van der Waals surface area contributed by atoms with Crippen LogP contribution < -0.4 is 14.8 Å². The highest BCUT2D eigenvalue weighted by Gasteiger charge is 2.15. The molecule has 200 valence electrons. The molecule has 1 fully saturated rings. The Hall–Kier alpha value is -3.79. The molecular weight excluding hydrogens is 508 g/mol. The molecule has 0 saturated carbocycles. The van der Waals surface area contributed by atoms with E-state index in [1.165, 1.54) is 4.70 Å². The van der Waals surface area contributed by atoms with Gasteiger partial charge in [0.1, 0.15) is 17.2 Å². The van der Waals surface area contributed by atoms with Crippen molar-refractivity contribution in [2.45, 2.75) is 6.42 Å². The van der Waals surface area contributed by atoms with E-state index in [0.29, 0.717) is 23.9 Å². The average Bonchev–Trinajstić information content (AvgIpc) is 3.41. The number of anilines is 2. The number of likely N-dealkylation sites (N-methyl/N-ethyl adjacent to an activating group) is 1. The summed E-state index contributed by atoms with van der Waals surface area (Å²) in [5, 5.41) is 5.33. The molecular formula is C30H32N6O2S. The number of ether oxygens (including phenoxy) is 2. The smallest absolute Gasteiger partial charge is 0.163 e. The number of piperazine rings is 1. The quantitative estimate of drug-likeness (QED) is 0.240. The second-order valence-electron chi connectivity index (χ2n) is 9.78. The van der Waals surface area contributed by atoms with Gasteiger partial charge in [0.05, 0.1) is 29.5 Å². The maximum Gasteiger partial charge on any atom is 0.163 e. The molecule has 0 bridgehead atoms. The summed E-state index contributed by atoms with van der Waals surface area (Å²) in [4.78, 5) is 18.7. The maximum absolute atomic E-state index is 6.15. The Labute approximate surface area is 232 Å². The standard InChI is InChI=1S/C30H32N6O2S/c1-35-12-14-36(15-13-35)11-6-16-38-27-19-25-23(18-26(27)37-2)29(32-20-31-25)33-22-8-5-7-21(17-22)30-34-24-9-3-4-10-28(24)39-30/h3-5,7-10,17-20H,6,11-16H2,1-2H3,(H,31,32,33). The molecule has 8 nitrogen and oxygen atoms in total. The second-order valence-corrected chi connectivity index (χ2v) is 10.8. The van der Waals surface area contributed by atoms with Crippen LogP contribution in [0.25, 0.3) is 31.7 Å². The number of methoxy groups -OCH3 is 1. The first-order valence-electron chi connectivity index (χ1n) is 13.3. The van der Waals surface area contributed by atoms with Gasteiger partial charge in [0, 0.05) is 55.4 Å². The van der Waals surface area contributed by atoms with Gasteiger partial charge >= 0.3 is 0 Å². The fraction of sp³-hybridized carbons (Fsp3) is 0.300. The van der Waals surface area contributed by atoms with Gasteiger partial charge in [-0.05, 0) is 43.8 Å². The molecule has 9 heteroatoms. The van der Waals surface area contributed by atoms with Gasteiger partial charge < -0.3 is 24.6 Å². The van der Waals surface area contributed by atoms with Crippen LogP contribution in [0, 0.1) is 0 Å². The largest absolute Gasteiger partial charge is 0.493 e. The van der Waals surface area contributed by atoms with Crippen LogP contribution >= 0.6 is 11.3 Å². The zero-order valence-electron chi connectivity index (χ0n) is 22.3. The van der Waals surface area contributed by atoms with Crippen molar-refractivity contribution in [3.8, 4) is 22.1 Å². The number of thiazole rings is 1. The van der Waals surface area contributed by atoms with E-state index < -0.39 is 0 Å². The van der Waals surface area contributed by atoms with Crippen molar-refractivity contribution in [2.24, 2.45) is 0 Å². The highest BCUT2D eigenvalue weighted by Crippen LogP contribution is 2.36. The third kappa shape index (κ3) is 5.80. The number of rotatable bonds is 9. The van der Waals surface area contributed by atoms with Crippen LogP contribution in [0.4, 0.5) is 11.5 Å². The van der Waals surface area contributed by atoms with E-state index in [4.69, 9.17) is 14.5 Å². The Balaban J connectivity index is 1.18. The van der Waals surface area contributed by atoms with Gasteiger partial charge in [-0.2, -0.15) is 0 Å². The Morgan fingerprint density at radius 3 is 2.64 bits per heavy atom. The fourth-order valence-electron chi connectivity index (χ4n) is 4.84. The highest BCUT2D eigenvalue weighted by atomic mass is 32.1. The lowest BCUT2D eigenvalue weighted by molar-refractivity contribution is 0.145. The number of hydrogen-bond donors (Lipinski definition) is 1. The minimum Gasteiger partial charge on any atom is -0.493 e. The topological polar surface area (TPSA) is 75.6 Å². The minimum absolute atomic E-state index is 0.628. The summed E-state index contributed by atoms with van der Waals surface area (Å²) in [6, 6.07) is 20.3. The molecule has 0 spiro atoms. The van der Waals surface area contributed by atoms with E-state index in [1.54, 1.807) is 24.8 Å². The molecule has 39 heavy (non-hydrogen) atoms. The zero-order chi connectivity index (χ0) is 26.6. The first kappa shape index (κ1) is 25.5. The molecule has 3 aromatic carbocycles. The Morgan fingerprint density at radius 1 is 0.923 bits per heavy atom. The van der Waals surface area contributed by atoms with Gasteiger partial charge in [0.15, 0.2) is 11.5 Å². The number of aromatic nitrogens is 3. The third-order valence-corrected chi connectivity index (χ3v) is 8.14. The first-order chi connectivity index (χ1) is 19.2.